The lowest BCUT2D eigenvalue weighted by Crippen LogP contribution is -2.51. The van der Waals surface area contributed by atoms with Gasteiger partial charge in [0.15, 0.2) is 0 Å². The van der Waals surface area contributed by atoms with Crippen LogP contribution in [0, 0.1) is 11.2 Å². The third-order valence-corrected chi connectivity index (χ3v) is 10.7. The van der Waals surface area contributed by atoms with Crippen LogP contribution < -0.4 is 20.7 Å². The first kappa shape index (κ1) is 33.9. The standard InChI is InChI=1S/C30H34Cl2F4N4O4S/c1-28(2,3)14-23-29(19-12-21(33)20(32)13-22(19)38-27(29)42)24(15-5-4-6-16(31)11-15)25(39-23)26(41)37-17-7-9-18(10-8-17)40-45(43,44)30(34,35)36/h4-6,11-13,17-18,23-25,39-40H,7-10,14H2,1-3H3,(H,37,41)(H,38,42)/t17?,18?,23-,24+,25-,29+/m1/s1. The van der Waals surface area contributed by atoms with Crippen LogP contribution in [0.2, 0.25) is 10.0 Å². The van der Waals surface area contributed by atoms with E-state index in [-0.39, 0.29) is 36.1 Å². The van der Waals surface area contributed by atoms with Gasteiger partial charge in [-0.2, -0.15) is 13.2 Å². The number of benzene rings is 2. The van der Waals surface area contributed by atoms with Crippen molar-refractivity contribution in [1.29, 1.82) is 0 Å². The minimum absolute atomic E-state index is 0.0858. The summed E-state index contributed by atoms with van der Waals surface area (Å²) in [4.78, 5) is 28.3. The number of alkyl halides is 3. The van der Waals surface area contributed by atoms with Crippen molar-refractivity contribution in [1.82, 2.24) is 15.4 Å². The normalized spacial score (nSPS) is 28.6. The maximum absolute atomic E-state index is 15.1. The van der Waals surface area contributed by atoms with E-state index in [1.165, 1.54) is 12.1 Å². The molecular weight excluding hydrogens is 659 g/mol. The van der Waals surface area contributed by atoms with Gasteiger partial charge in [-0.25, -0.2) is 17.5 Å². The number of hydrogen-bond acceptors (Lipinski definition) is 5. The van der Waals surface area contributed by atoms with E-state index in [1.54, 1.807) is 29.0 Å². The summed E-state index contributed by atoms with van der Waals surface area (Å²) in [5.74, 6) is -2.43. The number of sulfonamides is 1. The van der Waals surface area contributed by atoms with E-state index in [0.29, 0.717) is 28.3 Å². The Labute approximate surface area is 269 Å². The molecule has 2 aromatic rings. The highest BCUT2D eigenvalue weighted by Gasteiger charge is 2.66. The summed E-state index contributed by atoms with van der Waals surface area (Å²) in [6.07, 6.45) is 1.06. The summed E-state index contributed by atoms with van der Waals surface area (Å²) in [5, 5.41) is 9.48. The third kappa shape index (κ3) is 6.43. The molecule has 45 heavy (non-hydrogen) atoms. The van der Waals surface area contributed by atoms with E-state index in [9.17, 15) is 31.2 Å². The number of rotatable bonds is 6. The highest BCUT2D eigenvalue weighted by Crippen LogP contribution is 2.57. The lowest BCUT2D eigenvalue weighted by molar-refractivity contribution is -0.124. The summed E-state index contributed by atoms with van der Waals surface area (Å²) in [7, 11) is -5.49. The molecule has 4 N–H and O–H groups in total. The molecule has 2 fully saturated rings. The van der Waals surface area contributed by atoms with Gasteiger partial charge in [-0.05, 0) is 72.9 Å². The van der Waals surface area contributed by atoms with Crippen LogP contribution >= 0.6 is 23.2 Å². The monoisotopic (exact) mass is 692 g/mol. The SMILES string of the molecule is CC(C)(C)C[C@H]1N[C@@H](C(=O)NC2CCC(NS(=O)(=O)C(F)(F)F)CC2)[C@H](c2cccc(Cl)c2)[C@@]12C(=O)Nc1cc(Cl)c(F)cc12. The van der Waals surface area contributed by atoms with Crippen LogP contribution in [0.15, 0.2) is 36.4 Å². The highest BCUT2D eigenvalue weighted by atomic mass is 35.5. The first-order chi connectivity index (χ1) is 20.8. The molecule has 2 aromatic carbocycles. The van der Waals surface area contributed by atoms with Gasteiger partial charge < -0.3 is 16.0 Å². The molecule has 0 radical (unpaired) electrons. The van der Waals surface area contributed by atoms with Gasteiger partial charge in [-0.15, -0.1) is 0 Å². The van der Waals surface area contributed by atoms with Crippen molar-refractivity contribution in [3.05, 3.63) is 63.4 Å². The maximum atomic E-state index is 15.1. The summed E-state index contributed by atoms with van der Waals surface area (Å²) in [6.45, 7) is 5.98. The molecule has 1 saturated heterocycles. The average Bonchev–Trinajstić information content (AvgIpc) is 3.38. The summed E-state index contributed by atoms with van der Waals surface area (Å²) < 4.78 is 78.5. The minimum atomic E-state index is -5.49. The highest BCUT2D eigenvalue weighted by molar-refractivity contribution is 7.90. The summed E-state index contributed by atoms with van der Waals surface area (Å²) >= 11 is 12.5. The predicted molar refractivity (Wildman–Crippen MR) is 163 cm³/mol. The van der Waals surface area contributed by atoms with E-state index in [0.717, 1.165) is 0 Å². The molecule has 1 saturated carbocycles. The summed E-state index contributed by atoms with van der Waals surface area (Å²) in [5.41, 5.74) is -5.89. The largest absolute Gasteiger partial charge is 0.511 e. The Balaban J connectivity index is 1.49. The Hall–Kier alpha value is -2.45. The molecule has 2 aliphatic heterocycles. The molecule has 2 amide bonds. The smallest absolute Gasteiger partial charge is 0.352 e. The molecule has 2 heterocycles. The Morgan fingerprint density at radius 1 is 1.04 bits per heavy atom. The average molecular weight is 694 g/mol. The molecule has 3 aliphatic rings. The van der Waals surface area contributed by atoms with Crippen molar-refractivity contribution >= 4 is 50.7 Å². The fourth-order valence-corrected chi connectivity index (χ4v) is 8.24. The lowest BCUT2D eigenvalue weighted by Gasteiger charge is -2.38. The number of nitrogens with one attached hydrogen (secondary N) is 4. The van der Waals surface area contributed by atoms with Crippen molar-refractivity contribution in [2.45, 2.75) is 93.9 Å². The molecule has 4 atom stereocenters. The molecule has 1 spiro atoms. The van der Waals surface area contributed by atoms with Gasteiger partial charge in [-0.3, -0.25) is 9.59 Å². The van der Waals surface area contributed by atoms with Gasteiger partial charge in [-0.1, -0.05) is 56.1 Å². The zero-order valence-electron chi connectivity index (χ0n) is 24.7. The number of carbonyl (C=O) groups is 2. The van der Waals surface area contributed by atoms with E-state index < -0.39 is 68.7 Å². The van der Waals surface area contributed by atoms with Crippen LogP contribution in [0.5, 0.6) is 0 Å². The molecule has 0 unspecified atom stereocenters. The molecule has 0 bridgehead atoms. The lowest BCUT2D eigenvalue weighted by atomic mass is 9.62. The summed E-state index contributed by atoms with van der Waals surface area (Å²) in [6, 6.07) is 6.40. The van der Waals surface area contributed by atoms with Crippen LogP contribution in [-0.4, -0.2) is 49.9 Å². The van der Waals surface area contributed by atoms with Crippen molar-refractivity contribution in [2.24, 2.45) is 5.41 Å². The van der Waals surface area contributed by atoms with Gasteiger partial charge in [0.05, 0.1) is 11.1 Å². The predicted octanol–water partition coefficient (Wildman–Crippen LogP) is 5.75. The first-order valence-electron chi connectivity index (χ1n) is 14.5. The van der Waals surface area contributed by atoms with E-state index in [1.807, 2.05) is 20.8 Å². The number of carbonyl (C=O) groups excluding carboxylic acids is 2. The second-order valence-corrected chi connectivity index (χ2v) is 15.8. The van der Waals surface area contributed by atoms with Crippen LogP contribution in [0.3, 0.4) is 0 Å². The van der Waals surface area contributed by atoms with Gasteiger partial charge in [0, 0.05) is 34.8 Å². The topological polar surface area (TPSA) is 116 Å². The zero-order chi connectivity index (χ0) is 33.1. The first-order valence-corrected chi connectivity index (χ1v) is 16.8. The van der Waals surface area contributed by atoms with Gasteiger partial charge in [0.2, 0.25) is 11.8 Å². The fourth-order valence-electron chi connectivity index (χ4n) is 7.07. The van der Waals surface area contributed by atoms with E-state index >= 15 is 4.39 Å². The molecule has 0 aromatic heterocycles. The number of fused-ring (bicyclic) bond motifs is 2. The van der Waals surface area contributed by atoms with Crippen molar-refractivity contribution in [3.8, 4) is 0 Å². The molecular formula is C30H34Cl2F4N4O4S. The van der Waals surface area contributed by atoms with Crippen LogP contribution in [0.1, 0.15) is 69.9 Å². The van der Waals surface area contributed by atoms with E-state index in [4.69, 9.17) is 23.2 Å². The van der Waals surface area contributed by atoms with E-state index in [2.05, 4.69) is 16.0 Å². The van der Waals surface area contributed by atoms with Crippen LogP contribution in [-0.2, 0) is 25.0 Å². The number of anilines is 1. The Morgan fingerprint density at radius 3 is 2.29 bits per heavy atom. The maximum Gasteiger partial charge on any atom is 0.511 e. The fraction of sp³-hybridized carbons (Fsp3) is 0.533. The Morgan fingerprint density at radius 2 is 1.69 bits per heavy atom. The molecule has 1 aliphatic carbocycles. The van der Waals surface area contributed by atoms with Gasteiger partial charge in [0.1, 0.15) is 11.2 Å². The third-order valence-electron chi connectivity index (χ3n) is 8.89. The minimum Gasteiger partial charge on any atom is -0.352 e. The molecule has 246 valence electrons. The van der Waals surface area contributed by atoms with Crippen LogP contribution in [0.4, 0.5) is 23.2 Å². The second kappa shape index (κ2) is 12.0. The van der Waals surface area contributed by atoms with Crippen molar-refractivity contribution < 1.29 is 35.6 Å². The Kier molecular flexibility index (Phi) is 9.02. The van der Waals surface area contributed by atoms with Gasteiger partial charge in [0.25, 0.3) is 0 Å². The van der Waals surface area contributed by atoms with Crippen LogP contribution in [0.25, 0.3) is 0 Å². The molecule has 5 rings (SSSR count). The Bertz CT molecular complexity index is 1610. The van der Waals surface area contributed by atoms with Crippen molar-refractivity contribution in [2.75, 3.05) is 5.32 Å². The van der Waals surface area contributed by atoms with Gasteiger partial charge >= 0.3 is 15.5 Å². The number of amides is 2. The zero-order valence-corrected chi connectivity index (χ0v) is 27.0. The second-order valence-electron chi connectivity index (χ2n) is 13.3. The number of hydrogen-bond donors (Lipinski definition) is 4. The van der Waals surface area contributed by atoms with Crippen molar-refractivity contribution in [3.63, 3.8) is 0 Å². The molecule has 8 nitrogen and oxygen atoms in total. The quantitative estimate of drug-likeness (QED) is 0.288. The molecule has 15 heteroatoms. The number of halogens is 6.